The summed E-state index contributed by atoms with van der Waals surface area (Å²) >= 11 is 6.18. The fourth-order valence-corrected chi connectivity index (χ4v) is 6.48. The van der Waals surface area contributed by atoms with Gasteiger partial charge in [-0.2, -0.15) is 0 Å². The fourth-order valence-electron chi connectivity index (χ4n) is 6.32. The zero-order valence-electron chi connectivity index (χ0n) is 22.7. The van der Waals surface area contributed by atoms with Gasteiger partial charge >= 0.3 is 5.97 Å². The summed E-state index contributed by atoms with van der Waals surface area (Å²) in [7, 11) is 3.20. The summed E-state index contributed by atoms with van der Waals surface area (Å²) in [6.07, 6.45) is 4.68. The van der Waals surface area contributed by atoms with Gasteiger partial charge in [-0.3, -0.25) is 4.79 Å². The summed E-state index contributed by atoms with van der Waals surface area (Å²) in [5, 5.41) is 14.8. The normalized spacial score (nSPS) is 24.4. The Labute approximate surface area is 230 Å². The lowest BCUT2D eigenvalue weighted by molar-refractivity contribution is -0.156. The highest BCUT2D eigenvalue weighted by Crippen LogP contribution is 2.47. The van der Waals surface area contributed by atoms with Crippen molar-refractivity contribution < 1.29 is 24.2 Å². The van der Waals surface area contributed by atoms with Crippen LogP contribution in [-0.4, -0.2) is 53.8 Å². The molecule has 2 aliphatic rings. The van der Waals surface area contributed by atoms with Crippen molar-refractivity contribution in [1.82, 2.24) is 10.2 Å². The maximum absolute atomic E-state index is 14.2. The SMILES string of the molecule is COc1cc(Cl)ccc1CN[C@@H]1[C@@H](C(C)(C)OC)[C@H](C(=O)O)N(C(=O)C2CCCCC2)[C@@H]1c1ccccc1. The summed E-state index contributed by atoms with van der Waals surface area (Å²) in [5.74, 6) is -1.14. The molecule has 1 saturated heterocycles. The zero-order valence-corrected chi connectivity index (χ0v) is 23.4. The molecule has 2 aromatic rings. The van der Waals surface area contributed by atoms with Crippen LogP contribution in [-0.2, 0) is 20.9 Å². The van der Waals surface area contributed by atoms with Crippen molar-refractivity contribution in [2.45, 2.75) is 76.2 Å². The molecule has 1 heterocycles. The predicted octanol–water partition coefficient (Wildman–Crippen LogP) is 5.47. The molecular formula is C30H39ClN2O5. The summed E-state index contributed by atoms with van der Waals surface area (Å²) in [6.45, 7) is 4.21. The molecule has 1 aliphatic heterocycles. The van der Waals surface area contributed by atoms with Gasteiger partial charge in [-0.15, -0.1) is 0 Å². The number of hydrogen-bond acceptors (Lipinski definition) is 5. The highest BCUT2D eigenvalue weighted by atomic mass is 35.5. The number of carbonyl (C=O) groups excluding carboxylic acids is 1. The van der Waals surface area contributed by atoms with Gasteiger partial charge in [0.05, 0.1) is 18.8 Å². The number of aliphatic carboxylic acids is 1. The molecule has 0 unspecified atom stereocenters. The number of carboxylic acid groups (broad SMARTS) is 1. The minimum Gasteiger partial charge on any atom is -0.496 e. The summed E-state index contributed by atoms with van der Waals surface area (Å²) < 4.78 is 11.5. The van der Waals surface area contributed by atoms with Gasteiger partial charge in [0.15, 0.2) is 0 Å². The summed E-state index contributed by atoms with van der Waals surface area (Å²) in [5.41, 5.74) is 0.957. The van der Waals surface area contributed by atoms with E-state index in [0.717, 1.165) is 43.2 Å². The van der Waals surface area contributed by atoms with Crippen LogP contribution < -0.4 is 10.1 Å². The first-order valence-corrected chi connectivity index (χ1v) is 13.8. The van der Waals surface area contributed by atoms with Crippen LogP contribution in [0.3, 0.4) is 0 Å². The minimum absolute atomic E-state index is 0.0729. The van der Waals surface area contributed by atoms with Gasteiger partial charge < -0.3 is 24.8 Å². The van der Waals surface area contributed by atoms with E-state index < -0.39 is 35.6 Å². The third-order valence-corrected chi connectivity index (χ3v) is 8.61. The molecule has 0 radical (unpaired) electrons. The van der Waals surface area contributed by atoms with E-state index in [9.17, 15) is 14.7 Å². The number of likely N-dealkylation sites (tertiary alicyclic amines) is 1. The van der Waals surface area contributed by atoms with E-state index >= 15 is 0 Å². The first-order chi connectivity index (χ1) is 18.2. The van der Waals surface area contributed by atoms with Gasteiger partial charge in [0.1, 0.15) is 11.8 Å². The Bertz CT molecular complexity index is 1120. The molecule has 4 atom stereocenters. The lowest BCUT2D eigenvalue weighted by atomic mass is 9.79. The average molecular weight is 543 g/mol. The first kappa shape index (κ1) is 28.4. The molecule has 7 nitrogen and oxygen atoms in total. The second-order valence-corrected chi connectivity index (χ2v) is 11.4. The molecule has 2 aromatic carbocycles. The number of hydrogen-bond donors (Lipinski definition) is 2. The van der Waals surface area contributed by atoms with Crippen molar-refractivity contribution >= 4 is 23.5 Å². The van der Waals surface area contributed by atoms with Crippen molar-refractivity contribution in [2.24, 2.45) is 11.8 Å². The zero-order chi connectivity index (χ0) is 27.4. The number of carboxylic acids is 1. The number of nitrogens with one attached hydrogen (secondary N) is 1. The highest BCUT2D eigenvalue weighted by Gasteiger charge is 2.59. The lowest BCUT2D eigenvalue weighted by Gasteiger charge is -2.37. The monoisotopic (exact) mass is 542 g/mol. The van der Waals surface area contributed by atoms with Crippen LogP contribution in [0.5, 0.6) is 5.75 Å². The Balaban J connectivity index is 1.82. The van der Waals surface area contributed by atoms with E-state index in [0.29, 0.717) is 17.3 Å². The molecular weight excluding hydrogens is 504 g/mol. The number of amides is 1. The molecule has 4 rings (SSSR count). The second kappa shape index (κ2) is 12.1. The average Bonchev–Trinajstić information content (AvgIpc) is 3.29. The number of benzene rings is 2. The molecule has 0 aromatic heterocycles. The van der Waals surface area contributed by atoms with Gasteiger partial charge in [-0.25, -0.2) is 4.79 Å². The van der Waals surface area contributed by atoms with Crippen molar-refractivity contribution in [1.29, 1.82) is 0 Å². The van der Waals surface area contributed by atoms with E-state index in [-0.39, 0.29) is 11.8 Å². The van der Waals surface area contributed by atoms with Crippen LogP contribution >= 0.6 is 11.6 Å². The number of ether oxygens (including phenoxy) is 2. The molecule has 2 N–H and O–H groups in total. The van der Waals surface area contributed by atoms with Crippen LogP contribution in [0.1, 0.15) is 63.1 Å². The second-order valence-electron chi connectivity index (χ2n) is 10.9. The van der Waals surface area contributed by atoms with Crippen molar-refractivity contribution in [3.05, 3.63) is 64.7 Å². The summed E-state index contributed by atoms with van der Waals surface area (Å²) in [4.78, 5) is 28.8. The van der Waals surface area contributed by atoms with E-state index in [2.05, 4.69) is 5.32 Å². The Kier molecular flexibility index (Phi) is 9.01. The quantitative estimate of drug-likeness (QED) is 0.437. The molecule has 2 fully saturated rings. The van der Waals surface area contributed by atoms with E-state index in [1.165, 1.54) is 0 Å². The topological polar surface area (TPSA) is 88.1 Å². The van der Waals surface area contributed by atoms with Crippen LogP contribution in [0.2, 0.25) is 5.02 Å². The third-order valence-electron chi connectivity index (χ3n) is 8.38. The maximum atomic E-state index is 14.2. The standard InChI is InChI=1S/C30H39ClN2O5/c1-30(2,38-4)24-25(32-18-21-15-16-22(31)17-23(21)37-3)26(19-11-7-5-8-12-19)33(27(24)29(35)36)28(34)20-13-9-6-10-14-20/h5,7-8,11-12,15-17,20,24-27,32H,6,9-10,13-14,18H2,1-4H3,(H,35,36)/t24-,25-,26-,27-/m1/s1. The lowest BCUT2D eigenvalue weighted by Crippen LogP contribution is -2.53. The molecule has 1 saturated carbocycles. The van der Waals surface area contributed by atoms with Crippen LogP contribution in [0.25, 0.3) is 0 Å². The van der Waals surface area contributed by atoms with Gasteiger partial charge in [-0.1, -0.05) is 67.3 Å². The molecule has 8 heteroatoms. The van der Waals surface area contributed by atoms with Crippen molar-refractivity contribution in [3.8, 4) is 5.75 Å². The van der Waals surface area contributed by atoms with E-state index in [1.54, 1.807) is 31.3 Å². The van der Waals surface area contributed by atoms with E-state index in [4.69, 9.17) is 21.1 Å². The number of nitrogens with zero attached hydrogens (tertiary/aromatic N) is 1. The van der Waals surface area contributed by atoms with E-state index in [1.807, 2.05) is 50.2 Å². The van der Waals surface area contributed by atoms with Crippen LogP contribution in [0.15, 0.2) is 48.5 Å². The number of methoxy groups -OCH3 is 2. The largest absolute Gasteiger partial charge is 0.496 e. The Hall–Kier alpha value is -2.61. The van der Waals surface area contributed by atoms with Crippen molar-refractivity contribution in [2.75, 3.05) is 14.2 Å². The van der Waals surface area contributed by atoms with Gasteiger partial charge in [0.2, 0.25) is 5.91 Å². The molecule has 206 valence electrons. The van der Waals surface area contributed by atoms with Gasteiger partial charge in [0.25, 0.3) is 0 Å². The van der Waals surface area contributed by atoms with Crippen molar-refractivity contribution in [3.63, 3.8) is 0 Å². The molecule has 1 aliphatic carbocycles. The number of rotatable bonds is 9. The number of halogens is 1. The molecule has 38 heavy (non-hydrogen) atoms. The fraction of sp³-hybridized carbons (Fsp3) is 0.533. The Morgan fingerprint density at radius 1 is 1.08 bits per heavy atom. The van der Waals surface area contributed by atoms with Crippen LogP contribution in [0, 0.1) is 11.8 Å². The van der Waals surface area contributed by atoms with Gasteiger partial charge in [-0.05, 0) is 44.4 Å². The van der Waals surface area contributed by atoms with Crippen LogP contribution in [0.4, 0.5) is 0 Å². The molecule has 0 bridgehead atoms. The maximum Gasteiger partial charge on any atom is 0.326 e. The first-order valence-electron chi connectivity index (χ1n) is 13.4. The predicted molar refractivity (Wildman–Crippen MR) is 147 cm³/mol. The van der Waals surface area contributed by atoms with Gasteiger partial charge in [0, 0.05) is 42.1 Å². The minimum atomic E-state index is -1.05. The summed E-state index contributed by atoms with van der Waals surface area (Å²) in [6, 6.07) is 13.3. The Morgan fingerprint density at radius 2 is 1.76 bits per heavy atom. The molecule has 0 spiro atoms. The Morgan fingerprint density at radius 3 is 2.37 bits per heavy atom. The molecule has 1 amide bonds. The number of carbonyl (C=O) groups is 2. The smallest absolute Gasteiger partial charge is 0.326 e. The third kappa shape index (κ3) is 5.70. The highest BCUT2D eigenvalue weighted by molar-refractivity contribution is 6.30.